The Morgan fingerprint density at radius 3 is 2.83 bits per heavy atom. The predicted octanol–water partition coefficient (Wildman–Crippen LogP) is 3.44. The van der Waals surface area contributed by atoms with Gasteiger partial charge in [0.1, 0.15) is 18.6 Å². The molecule has 2 aromatic carbocycles. The first-order valence-electron chi connectivity index (χ1n) is 9.47. The van der Waals surface area contributed by atoms with Crippen LogP contribution in [0.2, 0.25) is 5.02 Å². The van der Waals surface area contributed by atoms with Crippen molar-refractivity contribution < 1.29 is 9.84 Å². The van der Waals surface area contributed by atoms with E-state index in [0.29, 0.717) is 22.5 Å². The van der Waals surface area contributed by atoms with Crippen molar-refractivity contribution in [3.8, 4) is 17.1 Å². The molecular weight excluding hydrogens is 406 g/mol. The number of nitrogens with zero attached hydrogens (tertiary/aromatic N) is 3. The Balaban J connectivity index is 1.43. The summed E-state index contributed by atoms with van der Waals surface area (Å²) in [7, 11) is 0. The summed E-state index contributed by atoms with van der Waals surface area (Å²) < 4.78 is 5.59. The minimum Gasteiger partial charge on any atom is -0.488 e. The molecule has 0 aliphatic carbocycles. The van der Waals surface area contributed by atoms with E-state index in [0.717, 1.165) is 22.2 Å². The van der Waals surface area contributed by atoms with E-state index < -0.39 is 6.23 Å². The highest BCUT2D eigenvalue weighted by Crippen LogP contribution is 2.30. The van der Waals surface area contributed by atoms with Crippen molar-refractivity contribution in [2.45, 2.75) is 26.1 Å². The topological polar surface area (TPSA) is 124 Å². The fourth-order valence-electron chi connectivity index (χ4n) is 2.97. The van der Waals surface area contributed by atoms with Crippen molar-refractivity contribution in [1.29, 1.82) is 0 Å². The summed E-state index contributed by atoms with van der Waals surface area (Å²) in [6, 6.07) is 11.3. The van der Waals surface area contributed by atoms with Gasteiger partial charge in [-0.15, -0.1) is 10.2 Å². The van der Waals surface area contributed by atoms with E-state index in [1.54, 1.807) is 18.3 Å². The Morgan fingerprint density at radius 2 is 2.03 bits per heavy atom. The molecule has 0 aliphatic heterocycles. The lowest BCUT2D eigenvalue weighted by molar-refractivity contribution is 0.0719. The molecule has 0 fully saturated rings. The Bertz CT molecular complexity index is 1140. The third-order valence-electron chi connectivity index (χ3n) is 4.32. The summed E-state index contributed by atoms with van der Waals surface area (Å²) in [5, 5.41) is 32.7. The van der Waals surface area contributed by atoms with Gasteiger partial charge in [0, 0.05) is 22.7 Å². The fourth-order valence-corrected chi connectivity index (χ4v) is 3.21. The van der Waals surface area contributed by atoms with Gasteiger partial charge in [-0.25, -0.2) is 0 Å². The van der Waals surface area contributed by atoms with Crippen LogP contribution in [0.3, 0.4) is 0 Å². The molecule has 0 spiro atoms. The van der Waals surface area contributed by atoms with Gasteiger partial charge in [0.05, 0.1) is 16.7 Å². The van der Waals surface area contributed by atoms with Crippen LogP contribution in [0.5, 0.6) is 5.75 Å². The van der Waals surface area contributed by atoms with Crippen LogP contribution in [0.1, 0.15) is 13.8 Å². The van der Waals surface area contributed by atoms with E-state index in [1.165, 1.54) is 0 Å². The van der Waals surface area contributed by atoms with Crippen LogP contribution in [-0.4, -0.2) is 49.4 Å². The number of rotatable bonds is 8. The summed E-state index contributed by atoms with van der Waals surface area (Å²) in [5.74, 6) is 1.56. The molecule has 0 saturated carbocycles. The first kappa shape index (κ1) is 20.1. The maximum atomic E-state index is 9.86. The molecular formula is C20H22ClN7O2. The van der Waals surface area contributed by atoms with Gasteiger partial charge < -0.3 is 20.1 Å². The molecule has 4 aromatic rings. The Morgan fingerprint density at radius 1 is 1.17 bits per heavy atom. The molecule has 1 unspecified atom stereocenters. The summed E-state index contributed by atoms with van der Waals surface area (Å²) in [6.07, 6.45) is 0.987. The summed E-state index contributed by atoms with van der Waals surface area (Å²) in [4.78, 5) is 3.13. The highest BCUT2D eigenvalue weighted by Gasteiger charge is 2.12. The number of ether oxygens (including phenoxy) is 1. The van der Waals surface area contributed by atoms with Gasteiger partial charge in [0.15, 0.2) is 5.82 Å². The molecule has 0 saturated heterocycles. The highest BCUT2D eigenvalue weighted by atomic mass is 35.5. The molecule has 9 nitrogen and oxygen atoms in total. The van der Waals surface area contributed by atoms with Gasteiger partial charge in [-0.1, -0.05) is 11.6 Å². The van der Waals surface area contributed by atoms with Crippen LogP contribution in [0.15, 0.2) is 42.6 Å². The van der Waals surface area contributed by atoms with Crippen molar-refractivity contribution in [3.63, 3.8) is 0 Å². The fraction of sp³-hybridized carbons (Fsp3) is 0.250. The summed E-state index contributed by atoms with van der Waals surface area (Å²) >= 11 is 6.34. The van der Waals surface area contributed by atoms with Crippen LogP contribution in [0.4, 0.5) is 11.6 Å². The Hall–Kier alpha value is -3.14. The summed E-state index contributed by atoms with van der Waals surface area (Å²) in [6.45, 7) is 3.98. The van der Waals surface area contributed by atoms with E-state index in [1.807, 2.05) is 38.1 Å². The third kappa shape index (κ3) is 4.70. The lowest BCUT2D eigenvalue weighted by atomic mass is 10.2. The predicted molar refractivity (Wildman–Crippen MR) is 116 cm³/mol. The largest absolute Gasteiger partial charge is 0.488 e. The van der Waals surface area contributed by atoms with E-state index in [9.17, 15) is 5.11 Å². The zero-order valence-electron chi connectivity index (χ0n) is 16.5. The minimum absolute atomic E-state index is 0.0919. The van der Waals surface area contributed by atoms with Crippen LogP contribution < -0.4 is 15.4 Å². The van der Waals surface area contributed by atoms with Crippen molar-refractivity contribution in [2.24, 2.45) is 0 Å². The van der Waals surface area contributed by atoms with Crippen LogP contribution in [0, 0.1) is 0 Å². The van der Waals surface area contributed by atoms with Gasteiger partial charge in [-0.2, -0.15) is 5.10 Å². The molecule has 10 heteroatoms. The lowest BCUT2D eigenvalue weighted by Gasteiger charge is -2.17. The van der Waals surface area contributed by atoms with Crippen LogP contribution in [-0.2, 0) is 0 Å². The molecule has 0 radical (unpaired) electrons. The van der Waals surface area contributed by atoms with Crippen molar-refractivity contribution >= 4 is 34.1 Å². The van der Waals surface area contributed by atoms with Crippen molar-refractivity contribution in [1.82, 2.24) is 30.7 Å². The second-order valence-corrected chi connectivity index (χ2v) is 7.52. The number of H-pyrrole nitrogens is 2. The zero-order valence-corrected chi connectivity index (χ0v) is 17.2. The highest BCUT2D eigenvalue weighted by molar-refractivity contribution is 6.32. The van der Waals surface area contributed by atoms with Crippen LogP contribution >= 0.6 is 11.6 Å². The molecule has 0 aliphatic rings. The number of hydrogen-bond acceptors (Lipinski definition) is 7. The number of aromatic amines is 2. The van der Waals surface area contributed by atoms with E-state index in [-0.39, 0.29) is 12.6 Å². The SMILES string of the molecule is CC(C)NC(O)COc1ccc(-c2nnc(Nc3ccc4[nH]ncc4c3)[nH]2)cc1Cl. The number of aromatic nitrogens is 5. The normalized spacial score (nSPS) is 12.4. The molecule has 0 bridgehead atoms. The van der Waals surface area contributed by atoms with Gasteiger partial charge in [-0.3, -0.25) is 10.4 Å². The first-order chi connectivity index (χ1) is 14.5. The van der Waals surface area contributed by atoms with Gasteiger partial charge in [0.2, 0.25) is 5.95 Å². The zero-order chi connectivity index (χ0) is 21.1. The number of anilines is 2. The van der Waals surface area contributed by atoms with E-state index >= 15 is 0 Å². The van der Waals surface area contributed by atoms with Crippen molar-refractivity contribution in [2.75, 3.05) is 11.9 Å². The van der Waals surface area contributed by atoms with Crippen molar-refractivity contribution in [3.05, 3.63) is 47.6 Å². The number of halogens is 1. The monoisotopic (exact) mass is 427 g/mol. The number of hydrogen-bond donors (Lipinski definition) is 5. The molecule has 4 rings (SSSR count). The molecule has 30 heavy (non-hydrogen) atoms. The molecule has 2 heterocycles. The van der Waals surface area contributed by atoms with Crippen LogP contribution in [0.25, 0.3) is 22.3 Å². The maximum absolute atomic E-state index is 9.86. The average Bonchev–Trinajstić information content (AvgIpc) is 3.35. The standard InChI is InChI=1S/C20H22ClN7O2/c1-11(2)23-18(29)10-30-17-6-3-12(8-15(17)21)19-25-20(28-27-19)24-14-4-5-16-13(7-14)9-22-26-16/h3-9,11,18,23,29H,10H2,1-2H3,(H,22,26)(H2,24,25,27,28). The van der Waals surface area contributed by atoms with Gasteiger partial charge in [-0.05, 0) is 50.2 Å². The third-order valence-corrected chi connectivity index (χ3v) is 4.61. The second-order valence-electron chi connectivity index (χ2n) is 7.11. The number of aliphatic hydroxyl groups excluding tert-OH is 1. The smallest absolute Gasteiger partial charge is 0.226 e. The molecule has 5 N–H and O–H groups in total. The average molecular weight is 428 g/mol. The number of benzene rings is 2. The Labute approximate surface area is 177 Å². The number of aliphatic hydroxyl groups is 1. The van der Waals surface area contributed by atoms with Gasteiger partial charge >= 0.3 is 0 Å². The molecule has 156 valence electrons. The molecule has 0 amide bonds. The maximum Gasteiger partial charge on any atom is 0.226 e. The van der Waals surface area contributed by atoms with E-state index in [2.05, 4.69) is 36.0 Å². The van der Waals surface area contributed by atoms with E-state index in [4.69, 9.17) is 16.3 Å². The lowest BCUT2D eigenvalue weighted by Crippen LogP contribution is -2.38. The Kier molecular flexibility index (Phi) is 5.84. The second kappa shape index (κ2) is 8.70. The van der Waals surface area contributed by atoms with Gasteiger partial charge in [0.25, 0.3) is 0 Å². The molecule has 2 aromatic heterocycles. The first-order valence-corrected chi connectivity index (χ1v) is 9.85. The number of fused-ring (bicyclic) bond motifs is 1. The summed E-state index contributed by atoms with van der Waals surface area (Å²) in [5.41, 5.74) is 2.59. The molecule has 1 atom stereocenters. The quantitative estimate of drug-likeness (QED) is 0.273. The minimum atomic E-state index is -0.773. The number of nitrogens with one attached hydrogen (secondary N) is 4.